The summed E-state index contributed by atoms with van der Waals surface area (Å²) in [6.07, 6.45) is 1.10. The smallest absolute Gasteiger partial charge is 0.0313 e. The first-order valence-electron chi connectivity index (χ1n) is 3.81. The molecule has 62 valence electrons. The van der Waals surface area contributed by atoms with Crippen molar-refractivity contribution in [3.8, 4) is 0 Å². The molecule has 0 radical (unpaired) electrons. The standard InChI is InChI=1S/C6H7N.C3H9N/c7-6-4-2-1-3-5-6;1-2-3-4/h1-5H,7H2;2-4H2,1H3. The van der Waals surface area contributed by atoms with E-state index in [1.165, 1.54) is 0 Å². The van der Waals surface area contributed by atoms with Crippen molar-refractivity contribution in [2.45, 2.75) is 13.3 Å². The zero-order valence-electron chi connectivity index (χ0n) is 6.96. The van der Waals surface area contributed by atoms with E-state index < -0.39 is 0 Å². The Kier molecular flexibility index (Phi) is 6.43. The number of rotatable bonds is 1. The lowest BCUT2D eigenvalue weighted by molar-refractivity contribution is 0.932. The third kappa shape index (κ3) is 6.87. The molecule has 0 heterocycles. The van der Waals surface area contributed by atoms with Gasteiger partial charge < -0.3 is 11.5 Å². The molecule has 0 unspecified atom stereocenters. The Hall–Kier alpha value is -1.02. The zero-order chi connectivity index (χ0) is 8.53. The van der Waals surface area contributed by atoms with Gasteiger partial charge in [-0.05, 0) is 25.1 Å². The molecule has 0 amide bonds. The van der Waals surface area contributed by atoms with Crippen LogP contribution in [-0.2, 0) is 0 Å². The molecule has 2 heteroatoms. The molecule has 0 aliphatic carbocycles. The molecule has 0 fully saturated rings. The maximum atomic E-state index is 5.36. The molecule has 0 saturated carbocycles. The molecular weight excluding hydrogens is 136 g/mol. The molecule has 0 spiro atoms. The lowest BCUT2D eigenvalue weighted by atomic mass is 10.3. The van der Waals surface area contributed by atoms with Crippen molar-refractivity contribution in [2.75, 3.05) is 12.3 Å². The highest BCUT2D eigenvalue weighted by atomic mass is 14.5. The van der Waals surface area contributed by atoms with Gasteiger partial charge in [-0.2, -0.15) is 0 Å². The summed E-state index contributed by atoms with van der Waals surface area (Å²) in [7, 11) is 0. The van der Waals surface area contributed by atoms with E-state index >= 15 is 0 Å². The first kappa shape index (κ1) is 9.98. The Morgan fingerprint density at radius 1 is 1.18 bits per heavy atom. The number of nitrogens with two attached hydrogens (primary N) is 2. The Morgan fingerprint density at radius 3 is 1.82 bits per heavy atom. The maximum absolute atomic E-state index is 5.36. The number of nitrogen functional groups attached to an aromatic ring is 1. The summed E-state index contributed by atoms with van der Waals surface area (Å²) in [5.41, 5.74) is 11.2. The maximum Gasteiger partial charge on any atom is 0.0313 e. The van der Waals surface area contributed by atoms with E-state index in [1.54, 1.807) is 0 Å². The molecule has 0 aliphatic rings. The second-order valence-corrected chi connectivity index (χ2v) is 2.20. The second-order valence-electron chi connectivity index (χ2n) is 2.20. The van der Waals surface area contributed by atoms with Crippen molar-refractivity contribution >= 4 is 5.69 Å². The predicted octanol–water partition coefficient (Wildman–Crippen LogP) is 1.62. The van der Waals surface area contributed by atoms with Crippen LogP contribution in [-0.4, -0.2) is 6.54 Å². The van der Waals surface area contributed by atoms with Gasteiger partial charge in [-0.1, -0.05) is 25.1 Å². The van der Waals surface area contributed by atoms with Crippen LogP contribution in [0.25, 0.3) is 0 Å². The summed E-state index contributed by atoms with van der Waals surface area (Å²) in [5, 5.41) is 0. The normalized spacial score (nSPS) is 8.18. The summed E-state index contributed by atoms with van der Waals surface area (Å²) in [4.78, 5) is 0. The topological polar surface area (TPSA) is 52.0 Å². The Bertz CT molecular complexity index is 158. The van der Waals surface area contributed by atoms with Gasteiger partial charge in [0.05, 0.1) is 0 Å². The van der Waals surface area contributed by atoms with Gasteiger partial charge in [0.2, 0.25) is 0 Å². The van der Waals surface area contributed by atoms with Gasteiger partial charge in [0.25, 0.3) is 0 Å². The minimum absolute atomic E-state index is 0.819. The third-order valence-electron chi connectivity index (χ3n) is 1.09. The fourth-order valence-electron chi connectivity index (χ4n) is 0.453. The SMILES string of the molecule is CCCN.Nc1ccccc1. The van der Waals surface area contributed by atoms with E-state index in [0.717, 1.165) is 18.7 Å². The Morgan fingerprint density at radius 2 is 1.64 bits per heavy atom. The molecule has 0 aliphatic heterocycles. The van der Waals surface area contributed by atoms with E-state index in [2.05, 4.69) is 6.92 Å². The first-order valence-corrected chi connectivity index (χ1v) is 3.81. The molecule has 11 heavy (non-hydrogen) atoms. The minimum Gasteiger partial charge on any atom is -0.399 e. The number of benzene rings is 1. The van der Waals surface area contributed by atoms with Crippen LogP contribution in [0.15, 0.2) is 30.3 Å². The van der Waals surface area contributed by atoms with Crippen molar-refractivity contribution in [1.82, 2.24) is 0 Å². The predicted molar refractivity (Wildman–Crippen MR) is 50.2 cm³/mol. The van der Waals surface area contributed by atoms with E-state index in [1.807, 2.05) is 30.3 Å². The van der Waals surface area contributed by atoms with Crippen LogP contribution in [0.4, 0.5) is 5.69 Å². The van der Waals surface area contributed by atoms with Gasteiger partial charge in [0, 0.05) is 5.69 Å². The summed E-state index contributed by atoms with van der Waals surface area (Å²) in [6.45, 7) is 2.88. The van der Waals surface area contributed by atoms with Crippen LogP contribution in [0.3, 0.4) is 0 Å². The number of para-hydroxylation sites is 1. The highest BCUT2D eigenvalue weighted by molar-refractivity contribution is 5.35. The monoisotopic (exact) mass is 152 g/mol. The molecule has 0 saturated heterocycles. The van der Waals surface area contributed by atoms with E-state index in [9.17, 15) is 0 Å². The van der Waals surface area contributed by atoms with Gasteiger partial charge in [0.15, 0.2) is 0 Å². The van der Waals surface area contributed by atoms with Crippen molar-refractivity contribution in [2.24, 2.45) is 5.73 Å². The molecule has 4 N–H and O–H groups in total. The fraction of sp³-hybridized carbons (Fsp3) is 0.333. The van der Waals surface area contributed by atoms with Crippen LogP contribution in [0.5, 0.6) is 0 Å². The molecular formula is C9H16N2. The van der Waals surface area contributed by atoms with Crippen LogP contribution < -0.4 is 11.5 Å². The minimum atomic E-state index is 0.819. The van der Waals surface area contributed by atoms with Gasteiger partial charge in [-0.15, -0.1) is 0 Å². The van der Waals surface area contributed by atoms with Crippen molar-refractivity contribution < 1.29 is 0 Å². The first-order chi connectivity index (χ1) is 5.31. The molecule has 1 aromatic carbocycles. The van der Waals surface area contributed by atoms with Crippen molar-refractivity contribution in [3.63, 3.8) is 0 Å². The molecule has 2 nitrogen and oxygen atoms in total. The quantitative estimate of drug-likeness (QED) is 0.601. The molecule has 1 rings (SSSR count). The fourth-order valence-corrected chi connectivity index (χ4v) is 0.453. The number of hydrogen-bond donors (Lipinski definition) is 2. The van der Waals surface area contributed by atoms with E-state index in [4.69, 9.17) is 11.5 Å². The lowest BCUT2D eigenvalue weighted by Crippen LogP contribution is -1.93. The van der Waals surface area contributed by atoms with Gasteiger partial charge in [-0.3, -0.25) is 0 Å². The average Bonchev–Trinajstić information content (AvgIpc) is 2.07. The van der Waals surface area contributed by atoms with Crippen molar-refractivity contribution in [1.29, 1.82) is 0 Å². The third-order valence-corrected chi connectivity index (χ3v) is 1.09. The summed E-state index contributed by atoms with van der Waals surface area (Å²) in [6, 6.07) is 9.49. The molecule has 0 atom stereocenters. The largest absolute Gasteiger partial charge is 0.399 e. The molecule has 1 aromatic rings. The molecule has 0 bridgehead atoms. The van der Waals surface area contributed by atoms with Gasteiger partial charge >= 0.3 is 0 Å². The number of anilines is 1. The summed E-state index contributed by atoms with van der Waals surface area (Å²) >= 11 is 0. The highest BCUT2D eigenvalue weighted by Gasteiger charge is 1.72. The van der Waals surface area contributed by atoms with Gasteiger partial charge in [-0.25, -0.2) is 0 Å². The Balaban J connectivity index is 0.000000218. The number of hydrogen-bond acceptors (Lipinski definition) is 2. The Labute approximate surface area is 68.2 Å². The summed E-state index contributed by atoms with van der Waals surface area (Å²) in [5.74, 6) is 0. The average molecular weight is 152 g/mol. The second kappa shape index (κ2) is 7.09. The van der Waals surface area contributed by atoms with E-state index in [-0.39, 0.29) is 0 Å². The van der Waals surface area contributed by atoms with Crippen LogP contribution in [0.2, 0.25) is 0 Å². The molecule has 0 aromatic heterocycles. The van der Waals surface area contributed by atoms with Gasteiger partial charge in [0.1, 0.15) is 0 Å². The lowest BCUT2D eigenvalue weighted by Gasteiger charge is -1.83. The highest BCUT2D eigenvalue weighted by Crippen LogP contribution is 1.95. The summed E-state index contributed by atoms with van der Waals surface area (Å²) < 4.78 is 0. The van der Waals surface area contributed by atoms with Crippen LogP contribution in [0, 0.1) is 0 Å². The van der Waals surface area contributed by atoms with Crippen LogP contribution >= 0.6 is 0 Å². The zero-order valence-corrected chi connectivity index (χ0v) is 6.96. The van der Waals surface area contributed by atoms with E-state index in [0.29, 0.717) is 0 Å². The van der Waals surface area contributed by atoms with Crippen molar-refractivity contribution in [3.05, 3.63) is 30.3 Å². The van der Waals surface area contributed by atoms with Crippen LogP contribution in [0.1, 0.15) is 13.3 Å².